The fourth-order valence-corrected chi connectivity index (χ4v) is 1.20. The third-order valence-electron chi connectivity index (χ3n) is 2.04. The number of carbonyl (C=O) groups excluding carboxylic acids is 1. The monoisotopic (exact) mass is 269 g/mol. The Morgan fingerprint density at radius 1 is 1.16 bits per heavy atom. The van der Waals surface area contributed by atoms with Gasteiger partial charge in [-0.1, -0.05) is 6.92 Å². The predicted molar refractivity (Wildman–Crippen MR) is 71.2 cm³/mol. The Morgan fingerprint density at radius 2 is 1.79 bits per heavy atom. The molecule has 0 fully saturated rings. The lowest BCUT2D eigenvalue weighted by atomic mass is 10.5. The molecule has 1 rings (SSSR count). The van der Waals surface area contributed by atoms with E-state index in [9.17, 15) is 4.79 Å². The summed E-state index contributed by atoms with van der Waals surface area (Å²) in [4.78, 5) is 22.8. The summed E-state index contributed by atoms with van der Waals surface area (Å²) in [7, 11) is 1.48. The number of nitrogens with one attached hydrogen (secondary N) is 3. The van der Waals surface area contributed by atoms with E-state index in [0.29, 0.717) is 25.0 Å². The van der Waals surface area contributed by atoms with Crippen molar-refractivity contribution < 1.29 is 9.53 Å². The average Bonchev–Trinajstić information content (AvgIpc) is 2.41. The fourth-order valence-electron chi connectivity index (χ4n) is 1.20. The second-order valence-electron chi connectivity index (χ2n) is 3.61. The molecule has 5 N–H and O–H groups in total. The van der Waals surface area contributed by atoms with E-state index >= 15 is 0 Å². The van der Waals surface area contributed by atoms with E-state index in [-0.39, 0.29) is 6.01 Å². The topological polar surface area (TPSA) is 127 Å². The fraction of sp³-hybridized carbons (Fsp3) is 0.600. The lowest BCUT2D eigenvalue weighted by Gasteiger charge is -2.09. The van der Waals surface area contributed by atoms with Crippen LogP contribution in [0.25, 0.3) is 0 Å². The molecule has 1 aromatic rings. The average molecular weight is 269 g/mol. The second kappa shape index (κ2) is 7.90. The second-order valence-corrected chi connectivity index (χ2v) is 3.61. The van der Waals surface area contributed by atoms with Gasteiger partial charge in [-0.05, 0) is 6.42 Å². The molecule has 2 amide bonds. The van der Waals surface area contributed by atoms with E-state index in [1.165, 1.54) is 7.11 Å². The van der Waals surface area contributed by atoms with E-state index < -0.39 is 6.03 Å². The smallest absolute Gasteiger partial charge is 0.322 e. The van der Waals surface area contributed by atoms with Gasteiger partial charge in [0.1, 0.15) is 0 Å². The molecule has 0 aliphatic heterocycles. The molecule has 9 heteroatoms. The van der Waals surface area contributed by atoms with Crippen molar-refractivity contribution in [1.82, 2.24) is 20.3 Å². The molecule has 0 saturated heterocycles. The van der Waals surface area contributed by atoms with Crippen molar-refractivity contribution >= 4 is 17.9 Å². The summed E-state index contributed by atoms with van der Waals surface area (Å²) in [5, 5.41) is 8.44. The lowest BCUT2D eigenvalue weighted by Crippen LogP contribution is -2.33. The van der Waals surface area contributed by atoms with Gasteiger partial charge in [-0.2, -0.15) is 15.0 Å². The van der Waals surface area contributed by atoms with Crippen LogP contribution in [0.4, 0.5) is 16.7 Å². The first-order valence-electron chi connectivity index (χ1n) is 5.96. The minimum absolute atomic E-state index is 0.221. The highest BCUT2D eigenvalue weighted by atomic mass is 16.5. The molecule has 106 valence electrons. The number of amides is 2. The van der Waals surface area contributed by atoms with Gasteiger partial charge < -0.3 is 26.4 Å². The number of aromatic nitrogens is 3. The maximum absolute atomic E-state index is 10.5. The van der Waals surface area contributed by atoms with E-state index in [2.05, 4.69) is 30.9 Å². The number of nitrogens with two attached hydrogens (primary N) is 1. The minimum Gasteiger partial charge on any atom is -0.467 e. The van der Waals surface area contributed by atoms with Crippen molar-refractivity contribution in [2.24, 2.45) is 5.73 Å². The molecule has 0 unspecified atom stereocenters. The number of urea groups is 1. The first kappa shape index (κ1) is 14.7. The van der Waals surface area contributed by atoms with Crippen molar-refractivity contribution in [2.75, 3.05) is 37.4 Å². The van der Waals surface area contributed by atoms with E-state index in [1.807, 2.05) is 6.92 Å². The van der Waals surface area contributed by atoms with Gasteiger partial charge in [0.25, 0.3) is 0 Å². The molecule has 0 radical (unpaired) electrons. The molecule has 0 aliphatic rings. The molecule has 0 atom stereocenters. The molecule has 9 nitrogen and oxygen atoms in total. The summed E-state index contributed by atoms with van der Waals surface area (Å²) in [6.45, 7) is 3.63. The number of carbonyl (C=O) groups is 1. The van der Waals surface area contributed by atoms with E-state index in [1.54, 1.807) is 0 Å². The third kappa shape index (κ3) is 5.70. The summed E-state index contributed by atoms with van der Waals surface area (Å²) in [5.41, 5.74) is 4.95. The van der Waals surface area contributed by atoms with Gasteiger partial charge in [-0.25, -0.2) is 4.79 Å². The summed E-state index contributed by atoms with van der Waals surface area (Å²) >= 11 is 0. The number of hydrogen-bond donors (Lipinski definition) is 4. The van der Waals surface area contributed by atoms with Gasteiger partial charge in [-0.3, -0.25) is 0 Å². The summed E-state index contributed by atoms with van der Waals surface area (Å²) in [6.07, 6.45) is 0.958. The van der Waals surface area contributed by atoms with Crippen LogP contribution < -0.4 is 26.4 Å². The molecule has 0 aliphatic carbocycles. The van der Waals surface area contributed by atoms with Crippen LogP contribution in [0.5, 0.6) is 6.01 Å². The standard InChI is InChI=1S/C10H19N7O2/c1-3-4-13-8-15-9(17-10(16-8)19-2)14-6-5-12-7(11)18/h3-6H2,1-2H3,(H3,11,12,18)(H2,13,14,15,16,17). The van der Waals surface area contributed by atoms with Gasteiger partial charge in [0.2, 0.25) is 11.9 Å². The Balaban J connectivity index is 2.57. The molecule has 19 heavy (non-hydrogen) atoms. The molecule has 0 aromatic carbocycles. The van der Waals surface area contributed by atoms with Crippen LogP contribution in [0, 0.1) is 0 Å². The normalized spacial score (nSPS) is 9.79. The number of methoxy groups -OCH3 is 1. The Hall–Kier alpha value is -2.32. The van der Waals surface area contributed by atoms with E-state index in [0.717, 1.165) is 13.0 Å². The number of rotatable bonds is 8. The van der Waals surface area contributed by atoms with Crippen molar-refractivity contribution in [1.29, 1.82) is 0 Å². The quantitative estimate of drug-likeness (QED) is 0.480. The number of anilines is 2. The summed E-state index contributed by atoms with van der Waals surface area (Å²) in [6, 6.07) is -0.348. The molecule has 0 spiro atoms. The van der Waals surface area contributed by atoms with Gasteiger partial charge in [-0.15, -0.1) is 0 Å². The van der Waals surface area contributed by atoms with Gasteiger partial charge in [0.15, 0.2) is 0 Å². The zero-order valence-electron chi connectivity index (χ0n) is 11.1. The van der Waals surface area contributed by atoms with Crippen LogP contribution in [0.3, 0.4) is 0 Å². The van der Waals surface area contributed by atoms with Crippen LogP contribution in [0.15, 0.2) is 0 Å². The molecule has 1 aromatic heterocycles. The summed E-state index contributed by atoms with van der Waals surface area (Å²) in [5.74, 6) is 0.816. The number of nitrogens with zero attached hydrogens (tertiary/aromatic N) is 3. The van der Waals surface area contributed by atoms with Crippen LogP contribution in [-0.4, -0.2) is 47.7 Å². The van der Waals surface area contributed by atoms with Gasteiger partial charge in [0, 0.05) is 19.6 Å². The molecular weight excluding hydrogens is 250 g/mol. The van der Waals surface area contributed by atoms with Crippen LogP contribution in [0.1, 0.15) is 13.3 Å². The van der Waals surface area contributed by atoms with Crippen molar-refractivity contribution in [2.45, 2.75) is 13.3 Å². The van der Waals surface area contributed by atoms with Crippen molar-refractivity contribution in [3.63, 3.8) is 0 Å². The highest BCUT2D eigenvalue weighted by Gasteiger charge is 2.05. The highest BCUT2D eigenvalue weighted by molar-refractivity contribution is 5.71. The molecule has 1 heterocycles. The van der Waals surface area contributed by atoms with Crippen molar-refractivity contribution in [3.8, 4) is 6.01 Å². The third-order valence-corrected chi connectivity index (χ3v) is 2.04. The van der Waals surface area contributed by atoms with E-state index in [4.69, 9.17) is 10.5 Å². The highest BCUT2D eigenvalue weighted by Crippen LogP contribution is 2.10. The number of ether oxygens (including phenoxy) is 1. The first-order chi connectivity index (χ1) is 9.15. The number of hydrogen-bond acceptors (Lipinski definition) is 7. The van der Waals surface area contributed by atoms with Crippen LogP contribution >= 0.6 is 0 Å². The zero-order chi connectivity index (χ0) is 14.1. The van der Waals surface area contributed by atoms with Crippen LogP contribution in [0.2, 0.25) is 0 Å². The SMILES string of the molecule is CCCNc1nc(NCCNC(N)=O)nc(OC)n1. The Kier molecular flexibility index (Phi) is 6.13. The minimum atomic E-state index is -0.569. The first-order valence-corrected chi connectivity index (χ1v) is 5.96. The Bertz CT molecular complexity index is 413. The largest absolute Gasteiger partial charge is 0.467 e. The number of primary amides is 1. The summed E-state index contributed by atoms with van der Waals surface area (Å²) < 4.78 is 4.99. The predicted octanol–water partition coefficient (Wildman–Crippen LogP) is -0.218. The Morgan fingerprint density at radius 3 is 2.32 bits per heavy atom. The maximum atomic E-state index is 10.5. The molecular formula is C10H19N7O2. The van der Waals surface area contributed by atoms with Gasteiger partial charge in [0.05, 0.1) is 7.11 Å². The van der Waals surface area contributed by atoms with Crippen molar-refractivity contribution in [3.05, 3.63) is 0 Å². The molecule has 0 bridgehead atoms. The van der Waals surface area contributed by atoms with Gasteiger partial charge >= 0.3 is 12.0 Å². The van der Waals surface area contributed by atoms with Crippen LogP contribution in [-0.2, 0) is 0 Å². The molecule has 0 saturated carbocycles. The lowest BCUT2D eigenvalue weighted by molar-refractivity contribution is 0.249. The maximum Gasteiger partial charge on any atom is 0.322 e. The zero-order valence-corrected chi connectivity index (χ0v) is 11.1. The Labute approximate surface area is 111 Å².